The van der Waals surface area contributed by atoms with Gasteiger partial charge in [-0.25, -0.2) is 13.8 Å². The average molecular weight is 229 g/mol. The van der Waals surface area contributed by atoms with Gasteiger partial charge < -0.3 is 4.98 Å². The molecule has 1 heterocycles. The van der Waals surface area contributed by atoms with Crippen LogP contribution >= 0.6 is 11.6 Å². The van der Waals surface area contributed by atoms with Gasteiger partial charge in [0, 0.05) is 11.6 Å². The van der Waals surface area contributed by atoms with Crippen molar-refractivity contribution >= 4 is 11.6 Å². The number of hydrogen-bond acceptors (Lipinski definition) is 1. The minimum atomic E-state index is -0.625. The summed E-state index contributed by atoms with van der Waals surface area (Å²) in [4.78, 5) is 6.76. The molecule has 0 amide bonds. The maximum atomic E-state index is 13.3. The molecule has 0 aliphatic rings. The Morgan fingerprint density at radius 3 is 2.73 bits per heavy atom. The van der Waals surface area contributed by atoms with Crippen LogP contribution in [0.25, 0.3) is 11.3 Å². The minimum Gasteiger partial charge on any atom is -0.341 e. The van der Waals surface area contributed by atoms with Gasteiger partial charge in [0.15, 0.2) is 0 Å². The van der Waals surface area contributed by atoms with E-state index in [4.69, 9.17) is 11.6 Å². The lowest BCUT2D eigenvalue weighted by molar-refractivity contribution is 0.585. The van der Waals surface area contributed by atoms with Crippen LogP contribution < -0.4 is 0 Å². The molecule has 0 aliphatic heterocycles. The molecule has 0 unspecified atom stereocenters. The summed E-state index contributed by atoms with van der Waals surface area (Å²) in [5.74, 6) is -0.452. The van der Waals surface area contributed by atoms with Gasteiger partial charge in [-0.2, -0.15) is 0 Å². The van der Waals surface area contributed by atoms with Gasteiger partial charge in [0.05, 0.1) is 17.8 Å². The van der Waals surface area contributed by atoms with E-state index in [0.29, 0.717) is 11.5 Å². The molecule has 78 valence electrons. The van der Waals surface area contributed by atoms with Gasteiger partial charge in [-0.15, -0.1) is 11.6 Å². The molecule has 2 rings (SSSR count). The van der Waals surface area contributed by atoms with Crippen LogP contribution in [-0.2, 0) is 5.88 Å². The average Bonchev–Trinajstić information content (AvgIpc) is 2.66. The van der Waals surface area contributed by atoms with Crippen LogP contribution in [0.5, 0.6) is 0 Å². The first kappa shape index (κ1) is 10.1. The fraction of sp³-hybridized carbons (Fsp3) is 0.100. The van der Waals surface area contributed by atoms with Crippen molar-refractivity contribution in [1.29, 1.82) is 0 Å². The van der Waals surface area contributed by atoms with E-state index in [1.54, 1.807) is 0 Å². The molecule has 0 aliphatic carbocycles. The molecule has 0 fully saturated rings. The van der Waals surface area contributed by atoms with Crippen LogP contribution in [-0.4, -0.2) is 9.97 Å². The van der Waals surface area contributed by atoms with Gasteiger partial charge in [-0.1, -0.05) is 0 Å². The van der Waals surface area contributed by atoms with Crippen LogP contribution in [0.4, 0.5) is 8.78 Å². The van der Waals surface area contributed by atoms with Crippen LogP contribution in [0.3, 0.4) is 0 Å². The molecule has 1 aromatic heterocycles. The van der Waals surface area contributed by atoms with E-state index in [1.807, 2.05) is 0 Å². The maximum absolute atomic E-state index is 13.3. The Balaban J connectivity index is 2.44. The maximum Gasteiger partial charge on any atom is 0.135 e. The first-order chi connectivity index (χ1) is 7.20. The van der Waals surface area contributed by atoms with E-state index in [-0.39, 0.29) is 11.4 Å². The third-order valence-corrected chi connectivity index (χ3v) is 2.23. The van der Waals surface area contributed by atoms with E-state index >= 15 is 0 Å². The van der Waals surface area contributed by atoms with Crippen LogP contribution in [0.2, 0.25) is 0 Å². The fourth-order valence-electron chi connectivity index (χ4n) is 1.28. The minimum absolute atomic E-state index is 0.225. The molecule has 1 N–H and O–H groups in total. The molecule has 0 saturated heterocycles. The lowest BCUT2D eigenvalue weighted by Gasteiger charge is -1.99. The molecule has 1 aromatic carbocycles. The molecule has 0 bridgehead atoms. The second-order valence-corrected chi connectivity index (χ2v) is 3.27. The Morgan fingerprint density at radius 1 is 1.33 bits per heavy atom. The van der Waals surface area contributed by atoms with E-state index < -0.39 is 11.6 Å². The van der Waals surface area contributed by atoms with Gasteiger partial charge in [0.25, 0.3) is 0 Å². The van der Waals surface area contributed by atoms with Crippen molar-refractivity contribution in [1.82, 2.24) is 9.97 Å². The molecule has 0 spiro atoms. The molecule has 5 heteroatoms. The van der Waals surface area contributed by atoms with Crippen LogP contribution in [0, 0.1) is 11.6 Å². The highest BCUT2D eigenvalue weighted by Gasteiger charge is 2.08. The molecular formula is C10H7ClF2N2. The summed E-state index contributed by atoms with van der Waals surface area (Å²) in [6, 6.07) is 3.38. The van der Waals surface area contributed by atoms with E-state index in [1.165, 1.54) is 18.3 Å². The highest BCUT2D eigenvalue weighted by atomic mass is 35.5. The number of rotatable bonds is 2. The highest BCUT2D eigenvalue weighted by molar-refractivity contribution is 6.16. The topological polar surface area (TPSA) is 28.7 Å². The predicted octanol–water partition coefficient (Wildman–Crippen LogP) is 3.09. The van der Waals surface area contributed by atoms with Crippen molar-refractivity contribution in [2.24, 2.45) is 0 Å². The van der Waals surface area contributed by atoms with E-state index in [9.17, 15) is 8.78 Å². The van der Waals surface area contributed by atoms with E-state index in [0.717, 1.165) is 6.07 Å². The molecule has 15 heavy (non-hydrogen) atoms. The highest BCUT2D eigenvalue weighted by Crippen LogP contribution is 2.21. The Kier molecular flexibility index (Phi) is 2.68. The number of benzene rings is 1. The number of halogens is 3. The van der Waals surface area contributed by atoms with Crippen molar-refractivity contribution in [3.05, 3.63) is 41.9 Å². The Hall–Kier alpha value is -1.42. The zero-order valence-electron chi connectivity index (χ0n) is 7.60. The summed E-state index contributed by atoms with van der Waals surface area (Å²) in [7, 11) is 0. The van der Waals surface area contributed by atoms with Crippen LogP contribution in [0.15, 0.2) is 24.4 Å². The van der Waals surface area contributed by atoms with Crippen molar-refractivity contribution in [3.63, 3.8) is 0 Å². The Bertz CT molecular complexity index is 482. The zero-order chi connectivity index (χ0) is 10.8. The first-order valence-electron chi connectivity index (χ1n) is 4.26. The van der Waals surface area contributed by atoms with Crippen molar-refractivity contribution in [2.75, 3.05) is 0 Å². The second kappa shape index (κ2) is 3.98. The predicted molar refractivity (Wildman–Crippen MR) is 53.5 cm³/mol. The number of aromatic nitrogens is 2. The van der Waals surface area contributed by atoms with Crippen molar-refractivity contribution in [3.8, 4) is 11.3 Å². The number of H-pyrrole nitrogens is 1. The molecule has 0 radical (unpaired) electrons. The van der Waals surface area contributed by atoms with Gasteiger partial charge in [0.2, 0.25) is 0 Å². The molecule has 2 nitrogen and oxygen atoms in total. The van der Waals surface area contributed by atoms with Crippen molar-refractivity contribution in [2.45, 2.75) is 5.88 Å². The monoisotopic (exact) mass is 228 g/mol. The number of imidazole rings is 1. The Labute approximate surface area is 89.9 Å². The first-order valence-corrected chi connectivity index (χ1v) is 4.79. The summed E-state index contributed by atoms with van der Waals surface area (Å²) in [5, 5.41) is 0. The summed E-state index contributed by atoms with van der Waals surface area (Å²) < 4.78 is 26.0. The van der Waals surface area contributed by atoms with Gasteiger partial charge in [-0.05, 0) is 12.1 Å². The third kappa shape index (κ3) is 1.99. The molecular weight excluding hydrogens is 222 g/mol. The summed E-state index contributed by atoms with van der Waals surface area (Å²) in [6.07, 6.45) is 1.47. The lowest BCUT2D eigenvalue weighted by atomic mass is 10.1. The summed E-state index contributed by atoms with van der Waals surface area (Å²) >= 11 is 5.55. The molecule has 0 atom stereocenters. The number of nitrogens with zero attached hydrogens (tertiary/aromatic N) is 1. The normalized spacial score (nSPS) is 10.6. The summed E-state index contributed by atoms with van der Waals surface area (Å²) in [5.41, 5.74) is 0.767. The van der Waals surface area contributed by atoms with Gasteiger partial charge in [-0.3, -0.25) is 0 Å². The largest absolute Gasteiger partial charge is 0.341 e. The fourth-order valence-corrected chi connectivity index (χ4v) is 1.41. The third-order valence-electron chi connectivity index (χ3n) is 1.98. The summed E-state index contributed by atoms with van der Waals surface area (Å²) in [6.45, 7) is 0. The lowest BCUT2D eigenvalue weighted by Crippen LogP contribution is -1.87. The standard InChI is InChI=1S/C10H7ClF2N2/c11-4-10-14-5-9(15-10)7-2-1-6(12)3-8(7)13/h1-3,5H,4H2,(H,14,15). The molecule has 2 aromatic rings. The number of nitrogens with one attached hydrogen (secondary N) is 1. The smallest absolute Gasteiger partial charge is 0.135 e. The van der Waals surface area contributed by atoms with Gasteiger partial charge >= 0.3 is 0 Å². The second-order valence-electron chi connectivity index (χ2n) is 3.00. The number of aromatic amines is 1. The van der Waals surface area contributed by atoms with Gasteiger partial charge in [0.1, 0.15) is 17.5 Å². The zero-order valence-corrected chi connectivity index (χ0v) is 8.35. The number of alkyl halides is 1. The SMILES string of the molecule is Fc1ccc(-c2cnc(CCl)[nH]2)c(F)c1. The van der Waals surface area contributed by atoms with Crippen LogP contribution in [0.1, 0.15) is 5.82 Å². The molecule has 0 saturated carbocycles. The van der Waals surface area contributed by atoms with Crippen molar-refractivity contribution < 1.29 is 8.78 Å². The Morgan fingerprint density at radius 2 is 2.13 bits per heavy atom. The van der Waals surface area contributed by atoms with E-state index in [2.05, 4.69) is 9.97 Å². The quantitative estimate of drug-likeness (QED) is 0.787. The number of hydrogen-bond donors (Lipinski definition) is 1.